The third kappa shape index (κ3) is 5.17. The highest BCUT2D eigenvalue weighted by atomic mass is 16.4. The average molecular weight is 244 g/mol. The quantitative estimate of drug-likeness (QED) is 0.614. The van der Waals surface area contributed by atoms with Crippen LogP contribution in [0.5, 0.6) is 0 Å². The van der Waals surface area contributed by atoms with Crippen LogP contribution < -0.4 is 11.1 Å². The molecule has 2 unspecified atom stereocenters. The molecular weight excluding hydrogens is 220 g/mol. The standard InChI is InChI=1S/C12H24N2O3/c1-7(2)9(5-13)11(15)14-6-10(8(3)4)12(16)17/h7-10H,5-6,13H2,1-4H3,(H,14,15)(H,16,17). The molecule has 0 rings (SSSR count). The first-order valence-corrected chi connectivity index (χ1v) is 6.01. The summed E-state index contributed by atoms with van der Waals surface area (Å²) in [6.07, 6.45) is 0. The summed E-state index contributed by atoms with van der Waals surface area (Å²) in [5.74, 6) is -1.70. The zero-order valence-electron chi connectivity index (χ0n) is 11.1. The van der Waals surface area contributed by atoms with Gasteiger partial charge in [0.25, 0.3) is 0 Å². The zero-order chi connectivity index (χ0) is 13.6. The largest absolute Gasteiger partial charge is 0.481 e. The van der Waals surface area contributed by atoms with Gasteiger partial charge in [-0.3, -0.25) is 9.59 Å². The predicted octanol–water partition coefficient (Wildman–Crippen LogP) is 0.690. The van der Waals surface area contributed by atoms with E-state index in [9.17, 15) is 9.59 Å². The SMILES string of the molecule is CC(C)C(CNC(=O)C(CN)C(C)C)C(=O)O. The molecule has 0 spiro atoms. The second-order valence-electron chi connectivity index (χ2n) is 5.02. The lowest BCUT2D eigenvalue weighted by molar-refractivity contribution is -0.143. The van der Waals surface area contributed by atoms with E-state index >= 15 is 0 Å². The summed E-state index contributed by atoms with van der Waals surface area (Å²) < 4.78 is 0. The molecule has 0 saturated heterocycles. The Labute approximate surface area is 103 Å². The van der Waals surface area contributed by atoms with E-state index in [1.54, 1.807) is 0 Å². The topological polar surface area (TPSA) is 92.4 Å². The van der Waals surface area contributed by atoms with Crippen molar-refractivity contribution in [3.05, 3.63) is 0 Å². The van der Waals surface area contributed by atoms with Crippen LogP contribution >= 0.6 is 0 Å². The van der Waals surface area contributed by atoms with Crippen LogP contribution in [0.4, 0.5) is 0 Å². The molecule has 0 aliphatic carbocycles. The van der Waals surface area contributed by atoms with Gasteiger partial charge >= 0.3 is 5.97 Å². The lowest BCUT2D eigenvalue weighted by Crippen LogP contribution is -2.42. The van der Waals surface area contributed by atoms with Gasteiger partial charge in [-0.2, -0.15) is 0 Å². The molecule has 17 heavy (non-hydrogen) atoms. The minimum Gasteiger partial charge on any atom is -0.481 e. The number of carbonyl (C=O) groups is 2. The number of nitrogens with one attached hydrogen (secondary N) is 1. The van der Waals surface area contributed by atoms with Gasteiger partial charge in [-0.15, -0.1) is 0 Å². The van der Waals surface area contributed by atoms with Gasteiger partial charge in [0.1, 0.15) is 0 Å². The van der Waals surface area contributed by atoms with Crippen LogP contribution in [0.1, 0.15) is 27.7 Å². The predicted molar refractivity (Wildman–Crippen MR) is 66.4 cm³/mol. The molecule has 1 amide bonds. The Morgan fingerprint density at radius 3 is 1.88 bits per heavy atom. The van der Waals surface area contributed by atoms with Gasteiger partial charge in [-0.05, 0) is 11.8 Å². The zero-order valence-corrected chi connectivity index (χ0v) is 11.1. The van der Waals surface area contributed by atoms with Crippen molar-refractivity contribution < 1.29 is 14.7 Å². The number of hydrogen-bond donors (Lipinski definition) is 3. The van der Waals surface area contributed by atoms with E-state index in [1.165, 1.54) is 0 Å². The van der Waals surface area contributed by atoms with E-state index in [0.717, 1.165) is 0 Å². The van der Waals surface area contributed by atoms with Crippen molar-refractivity contribution >= 4 is 11.9 Å². The van der Waals surface area contributed by atoms with E-state index in [2.05, 4.69) is 5.32 Å². The number of carbonyl (C=O) groups excluding carboxylic acids is 1. The lowest BCUT2D eigenvalue weighted by atomic mass is 9.93. The van der Waals surface area contributed by atoms with Crippen molar-refractivity contribution in [2.75, 3.05) is 13.1 Å². The summed E-state index contributed by atoms with van der Waals surface area (Å²) in [7, 11) is 0. The van der Waals surface area contributed by atoms with Crippen LogP contribution in [0.2, 0.25) is 0 Å². The summed E-state index contributed by atoms with van der Waals surface area (Å²) in [5.41, 5.74) is 5.52. The Morgan fingerprint density at radius 2 is 1.59 bits per heavy atom. The summed E-state index contributed by atoms with van der Waals surface area (Å²) in [6.45, 7) is 7.95. The molecule has 0 bridgehead atoms. The monoisotopic (exact) mass is 244 g/mol. The number of amides is 1. The van der Waals surface area contributed by atoms with Crippen LogP contribution in [0.3, 0.4) is 0 Å². The van der Waals surface area contributed by atoms with Gasteiger partial charge in [-0.1, -0.05) is 27.7 Å². The van der Waals surface area contributed by atoms with Crippen molar-refractivity contribution in [1.82, 2.24) is 5.32 Å². The van der Waals surface area contributed by atoms with Gasteiger partial charge in [0.05, 0.1) is 11.8 Å². The van der Waals surface area contributed by atoms with Crippen molar-refractivity contribution in [2.24, 2.45) is 29.4 Å². The van der Waals surface area contributed by atoms with Gasteiger partial charge in [-0.25, -0.2) is 0 Å². The smallest absolute Gasteiger partial charge is 0.308 e. The van der Waals surface area contributed by atoms with Gasteiger partial charge in [0.15, 0.2) is 0 Å². The fourth-order valence-corrected chi connectivity index (χ4v) is 1.63. The number of carboxylic acid groups (broad SMARTS) is 1. The molecule has 5 heteroatoms. The molecule has 0 aromatic carbocycles. The highest BCUT2D eigenvalue weighted by molar-refractivity contribution is 5.80. The first-order chi connectivity index (χ1) is 7.81. The molecule has 100 valence electrons. The minimum absolute atomic E-state index is 0.0109. The van der Waals surface area contributed by atoms with Crippen LogP contribution in [-0.2, 0) is 9.59 Å². The van der Waals surface area contributed by atoms with Crippen LogP contribution in [0.15, 0.2) is 0 Å². The van der Waals surface area contributed by atoms with Crippen molar-refractivity contribution in [1.29, 1.82) is 0 Å². The number of aliphatic carboxylic acids is 1. The third-order valence-corrected chi connectivity index (χ3v) is 3.01. The molecule has 0 aromatic heterocycles. The number of nitrogens with two attached hydrogens (primary N) is 1. The second-order valence-corrected chi connectivity index (χ2v) is 5.02. The molecule has 0 aliphatic rings. The number of carboxylic acids is 1. The minimum atomic E-state index is -0.880. The molecule has 0 radical (unpaired) electrons. The first-order valence-electron chi connectivity index (χ1n) is 6.01. The summed E-state index contributed by atoms with van der Waals surface area (Å²) in [5, 5.41) is 11.7. The molecule has 0 fully saturated rings. The lowest BCUT2D eigenvalue weighted by Gasteiger charge is -2.21. The molecule has 0 heterocycles. The molecule has 0 aliphatic heterocycles. The molecule has 2 atom stereocenters. The van der Waals surface area contributed by atoms with Crippen LogP contribution in [0, 0.1) is 23.7 Å². The van der Waals surface area contributed by atoms with Gasteiger partial charge < -0.3 is 16.2 Å². The normalized spacial score (nSPS) is 14.8. The van der Waals surface area contributed by atoms with E-state index < -0.39 is 11.9 Å². The van der Waals surface area contributed by atoms with Crippen LogP contribution in [-0.4, -0.2) is 30.1 Å². The van der Waals surface area contributed by atoms with Crippen LogP contribution in [0.25, 0.3) is 0 Å². The summed E-state index contributed by atoms with van der Waals surface area (Å²) >= 11 is 0. The third-order valence-electron chi connectivity index (χ3n) is 3.01. The molecular formula is C12H24N2O3. The maximum Gasteiger partial charge on any atom is 0.308 e. The van der Waals surface area contributed by atoms with Gasteiger partial charge in [0, 0.05) is 13.1 Å². The molecule has 5 nitrogen and oxygen atoms in total. The molecule has 0 aromatic rings. The average Bonchev–Trinajstić information content (AvgIpc) is 2.16. The second kappa shape index (κ2) is 7.27. The van der Waals surface area contributed by atoms with E-state index in [4.69, 9.17) is 10.8 Å². The fraction of sp³-hybridized carbons (Fsp3) is 0.833. The Morgan fingerprint density at radius 1 is 1.12 bits per heavy atom. The maximum absolute atomic E-state index is 11.8. The maximum atomic E-state index is 11.8. The summed E-state index contributed by atoms with van der Waals surface area (Å²) in [4.78, 5) is 22.7. The van der Waals surface area contributed by atoms with Crippen molar-refractivity contribution in [3.63, 3.8) is 0 Å². The van der Waals surface area contributed by atoms with E-state index in [0.29, 0.717) is 0 Å². The number of rotatable bonds is 7. The van der Waals surface area contributed by atoms with E-state index in [-0.39, 0.29) is 36.8 Å². The Hall–Kier alpha value is -1.10. The highest BCUT2D eigenvalue weighted by Crippen LogP contribution is 2.12. The van der Waals surface area contributed by atoms with Crippen molar-refractivity contribution in [3.8, 4) is 0 Å². The Balaban J connectivity index is 4.35. The van der Waals surface area contributed by atoms with Crippen molar-refractivity contribution in [2.45, 2.75) is 27.7 Å². The molecule has 0 saturated carbocycles. The molecule has 4 N–H and O–H groups in total. The fourth-order valence-electron chi connectivity index (χ4n) is 1.63. The Kier molecular flexibility index (Phi) is 6.80. The first kappa shape index (κ1) is 15.9. The van der Waals surface area contributed by atoms with E-state index in [1.807, 2.05) is 27.7 Å². The van der Waals surface area contributed by atoms with Gasteiger partial charge in [0.2, 0.25) is 5.91 Å². The number of hydrogen-bond acceptors (Lipinski definition) is 3. The summed E-state index contributed by atoms with van der Waals surface area (Å²) in [6, 6.07) is 0. The Bertz CT molecular complexity index is 264. The highest BCUT2D eigenvalue weighted by Gasteiger charge is 2.25.